The van der Waals surface area contributed by atoms with Crippen LogP contribution in [0.25, 0.3) is 0 Å². The second-order valence-electron chi connectivity index (χ2n) is 10.2. The summed E-state index contributed by atoms with van der Waals surface area (Å²) in [6, 6.07) is 23.2. The van der Waals surface area contributed by atoms with Crippen molar-refractivity contribution in [3.05, 3.63) is 88.4 Å². The highest BCUT2D eigenvalue weighted by atomic mass is 79.9. The van der Waals surface area contributed by atoms with E-state index in [9.17, 15) is 9.59 Å². The summed E-state index contributed by atoms with van der Waals surface area (Å²) in [7, 11) is 1.62. The highest BCUT2D eigenvalue weighted by Gasteiger charge is 2.40. The number of carbonyl (C=O) groups is 2. The minimum atomic E-state index is -0.586. The average Bonchev–Trinajstić information content (AvgIpc) is 2.86. The Kier molecular flexibility index (Phi) is 8.62. The van der Waals surface area contributed by atoms with E-state index >= 15 is 0 Å². The number of nitrogens with zero attached hydrogens (tertiary/aromatic N) is 2. The SMILES string of the molecule is COc1ccc(CN(C(=O)C2CN(C(=O)OC(C)(C)C)C2)c2cc(OCc3ccccc3)ccc2Br)cc1. The van der Waals surface area contributed by atoms with Gasteiger partial charge in [0.05, 0.1) is 25.3 Å². The smallest absolute Gasteiger partial charge is 0.410 e. The standard InChI is InChI=1S/C30H33BrN2O5/c1-30(2,3)38-29(35)32-18-23(19-32)28(34)33(17-21-10-12-24(36-4)13-11-21)27-16-25(14-15-26(27)31)37-20-22-8-6-5-7-9-22/h5-16,23H,17-20H2,1-4H3. The molecule has 0 spiro atoms. The van der Waals surface area contributed by atoms with Crippen LogP contribution in [0.1, 0.15) is 31.9 Å². The summed E-state index contributed by atoms with van der Waals surface area (Å²) in [6.45, 7) is 6.88. The van der Waals surface area contributed by atoms with Gasteiger partial charge in [0.15, 0.2) is 0 Å². The number of hydrogen-bond donors (Lipinski definition) is 0. The molecule has 7 nitrogen and oxygen atoms in total. The molecule has 0 bridgehead atoms. The fourth-order valence-corrected chi connectivity index (χ4v) is 4.52. The van der Waals surface area contributed by atoms with Gasteiger partial charge in [-0.3, -0.25) is 4.79 Å². The van der Waals surface area contributed by atoms with Crippen molar-refractivity contribution in [3.8, 4) is 11.5 Å². The van der Waals surface area contributed by atoms with E-state index in [0.29, 0.717) is 37.7 Å². The molecule has 8 heteroatoms. The Balaban J connectivity index is 1.55. The van der Waals surface area contributed by atoms with E-state index in [2.05, 4.69) is 15.9 Å². The van der Waals surface area contributed by atoms with Gasteiger partial charge in [-0.2, -0.15) is 0 Å². The van der Waals surface area contributed by atoms with Crippen LogP contribution in [0.4, 0.5) is 10.5 Å². The number of anilines is 1. The number of rotatable bonds is 8. The summed E-state index contributed by atoms with van der Waals surface area (Å²) < 4.78 is 17.6. The fraction of sp³-hybridized carbons (Fsp3) is 0.333. The number of ether oxygens (including phenoxy) is 3. The van der Waals surface area contributed by atoms with E-state index in [4.69, 9.17) is 14.2 Å². The van der Waals surface area contributed by atoms with Crippen molar-refractivity contribution in [2.75, 3.05) is 25.1 Å². The number of halogens is 1. The molecule has 1 saturated heterocycles. The van der Waals surface area contributed by atoms with Crippen molar-refractivity contribution in [2.45, 2.75) is 39.5 Å². The molecule has 3 aromatic rings. The highest BCUT2D eigenvalue weighted by Crippen LogP contribution is 2.34. The first-order valence-electron chi connectivity index (χ1n) is 12.5. The monoisotopic (exact) mass is 580 g/mol. The molecule has 1 aliphatic rings. The van der Waals surface area contributed by atoms with Gasteiger partial charge in [0.1, 0.15) is 23.7 Å². The Morgan fingerprint density at radius 3 is 2.24 bits per heavy atom. The van der Waals surface area contributed by atoms with Gasteiger partial charge in [-0.15, -0.1) is 0 Å². The van der Waals surface area contributed by atoms with E-state index in [1.54, 1.807) is 16.9 Å². The summed E-state index contributed by atoms with van der Waals surface area (Å²) in [4.78, 5) is 29.6. The van der Waals surface area contributed by atoms with E-state index in [0.717, 1.165) is 21.3 Å². The molecular formula is C30H33BrN2O5. The summed E-state index contributed by atoms with van der Waals surface area (Å²) in [5.41, 5.74) is 2.12. The summed E-state index contributed by atoms with van der Waals surface area (Å²) in [5.74, 6) is 1.00. The van der Waals surface area contributed by atoms with Gasteiger partial charge in [0.2, 0.25) is 5.91 Å². The summed E-state index contributed by atoms with van der Waals surface area (Å²) in [6.07, 6.45) is -0.402. The van der Waals surface area contributed by atoms with Gasteiger partial charge in [0.25, 0.3) is 0 Å². The second-order valence-corrected chi connectivity index (χ2v) is 11.1. The topological polar surface area (TPSA) is 68.3 Å². The third-order valence-electron chi connectivity index (χ3n) is 6.10. The maximum Gasteiger partial charge on any atom is 0.410 e. The van der Waals surface area contributed by atoms with Crippen molar-refractivity contribution >= 4 is 33.6 Å². The van der Waals surface area contributed by atoms with Crippen LogP contribution in [0.15, 0.2) is 77.3 Å². The van der Waals surface area contributed by atoms with Crippen LogP contribution in [-0.4, -0.2) is 42.7 Å². The lowest BCUT2D eigenvalue weighted by Crippen LogP contribution is -2.57. The highest BCUT2D eigenvalue weighted by molar-refractivity contribution is 9.10. The summed E-state index contributed by atoms with van der Waals surface area (Å²) >= 11 is 3.63. The van der Waals surface area contributed by atoms with Crippen LogP contribution >= 0.6 is 15.9 Å². The fourth-order valence-electron chi connectivity index (χ4n) is 4.06. The van der Waals surface area contributed by atoms with Gasteiger partial charge in [-0.25, -0.2) is 4.79 Å². The largest absolute Gasteiger partial charge is 0.497 e. The number of hydrogen-bond acceptors (Lipinski definition) is 5. The van der Waals surface area contributed by atoms with Crippen LogP contribution < -0.4 is 14.4 Å². The predicted molar refractivity (Wildman–Crippen MR) is 150 cm³/mol. The number of likely N-dealkylation sites (tertiary alicyclic amines) is 1. The number of benzene rings is 3. The van der Waals surface area contributed by atoms with Crippen molar-refractivity contribution in [2.24, 2.45) is 5.92 Å². The third kappa shape index (κ3) is 7.07. The second kappa shape index (κ2) is 11.9. The normalized spacial score (nSPS) is 13.4. The Morgan fingerprint density at radius 1 is 0.947 bits per heavy atom. The Bertz CT molecular complexity index is 1250. The molecule has 0 saturated carbocycles. The summed E-state index contributed by atoms with van der Waals surface area (Å²) in [5, 5.41) is 0. The molecule has 1 fully saturated rings. The maximum absolute atomic E-state index is 13.8. The molecular weight excluding hydrogens is 548 g/mol. The van der Waals surface area contributed by atoms with Crippen molar-refractivity contribution in [1.29, 1.82) is 0 Å². The zero-order valence-corrected chi connectivity index (χ0v) is 23.7. The lowest BCUT2D eigenvalue weighted by atomic mass is 9.98. The van der Waals surface area contributed by atoms with Gasteiger partial charge in [-0.1, -0.05) is 42.5 Å². The van der Waals surface area contributed by atoms with Crippen molar-refractivity contribution in [3.63, 3.8) is 0 Å². The van der Waals surface area contributed by atoms with Crippen LogP contribution in [0, 0.1) is 5.92 Å². The first-order chi connectivity index (χ1) is 18.1. The third-order valence-corrected chi connectivity index (χ3v) is 6.78. The van der Waals surface area contributed by atoms with Gasteiger partial charge >= 0.3 is 6.09 Å². The zero-order valence-electron chi connectivity index (χ0n) is 22.1. The van der Waals surface area contributed by atoms with Gasteiger partial charge in [-0.05, 0) is 72.1 Å². The number of methoxy groups -OCH3 is 1. The lowest BCUT2D eigenvalue weighted by Gasteiger charge is -2.41. The molecule has 2 amide bonds. The molecule has 200 valence electrons. The Morgan fingerprint density at radius 2 is 1.61 bits per heavy atom. The minimum absolute atomic E-state index is 0.0680. The first-order valence-corrected chi connectivity index (χ1v) is 13.3. The Hall–Kier alpha value is -3.52. The first kappa shape index (κ1) is 27.5. The van der Waals surface area contributed by atoms with Gasteiger partial charge in [0, 0.05) is 23.6 Å². The van der Waals surface area contributed by atoms with E-state index < -0.39 is 11.7 Å². The molecule has 0 aliphatic carbocycles. The predicted octanol–water partition coefficient (Wildman–Crippen LogP) is 6.44. The van der Waals surface area contributed by atoms with E-state index in [1.807, 2.05) is 93.6 Å². The number of amides is 2. The molecule has 1 aliphatic heterocycles. The molecule has 0 atom stereocenters. The molecule has 1 heterocycles. The molecule has 0 radical (unpaired) electrons. The van der Waals surface area contributed by atoms with E-state index in [1.165, 1.54) is 0 Å². The molecule has 0 aromatic heterocycles. The quantitative estimate of drug-likeness (QED) is 0.307. The maximum atomic E-state index is 13.8. The van der Waals surface area contributed by atoms with Crippen LogP contribution in [0.5, 0.6) is 11.5 Å². The van der Waals surface area contributed by atoms with E-state index in [-0.39, 0.29) is 11.8 Å². The minimum Gasteiger partial charge on any atom is -0.497 e. The van der Waals surface area contributed by atoms with Crippen LogP contribution in [0.2, 0.25) is 0 Å². The zero-order chi connectivity index (χ0) is 27.3. The molecule has 0 N–H and O–H groups in total. The molecule has 3 aromatic carbocycles. The van der Waals surface area contributed by atoms with Crippen molar-refractivity contribution < 1.29 is 23.8 Å². The Labute approximate surface area is 232 Å². The average molecular weight is 582 g/mol. The van der Waals surface area contributed by atoms with Crippen LogP contribution in [0.3, 0.4) is 0 Å². The lowest BCUT2D eigenvalue weighted by molar-refractivity contribution is -0.127. The molecule has 0 unspecified atom stereocenters. The molecule has 38 heavy (non-hydrogen) atoms. The number of carbonyl (C=O) groups excluding carboxylic acids is 2. The van der Waals surface area contributed by atoms with Crippen molar-refractivity contribution in [1.82, 2.24) is 4.90 Å². The van der Waals surface area contributed by atoms with Crippen LogP contribution in [-0.2, 0) is 22.7 Å². The van der Waals surface area contributed by atoms with Gasteiger partial charge < -0.3 is 24.0 Å². The molecule has 4 rings (SSSR count).